The van der Waals surface area contributed by atoms with Gasteiger partial charge in [0.15, 0.2) is 5.69 Å². The number of hydrogen-bond donors (Lipinski definition) is 0. The minimum absolute atomic E-state index is 0.0810. The van der Waals surface area contributed by atoms with E-state index in [9.17, 15) is 18.0 Å². The van der Waals surface area contributed by atoms with E-state index in [1.54, 1.807) is 18.2 Å². The van der Waals surface area contributed by atoms with Crippen LogP contribution in [0.25, 0.3) is 11.3 Å². The molecule has 1 unspecified atom stereocenters. The Hall–Kier alpha value is -2.58. The lowest BCUT2D eigenvalue weighted by Crippen LogP contribution is -2.13. The fourth-order valence-corrected chi connectivity index (χ4v) is 1.40. The predicted octanol–water partition coefficient (Wildman–Crippen LogP) is 2.91. The van der Waals surface area contributed by atoms with Crippen LogP contribution in [0.2, 0.25) is 0 Å². The maximum absolute atomic E-state index is 12.6. The fourth-order valence-electron chi connectivity index (χ4n) is 1.40. The molecule has 1 aromatic heterocycles. The summed E-state index contributed by atoms with van der Waals surface area (Å²) < 4.78 is 42.2. The molecular formula is C14H15F3N4O2. The van der Waals surface area contributed by atoms with E-state index >= 15 is 0 Å². The van der Waals surface area contributed by atoms with Crippen LogP contribution in [0, 0.1) is 0 Å². The van der Waals surface area contributed by atoms with Crippen LogP contribution in [0.3, 0.4) is 0 Å². The lowest BCUT2D eigenvalue weighted by Gasteiger charge is -2.07. The van der Waals surface area contributed by atoms with Gasteiger partial charge < -0.3 is 4.74 Å². The number of halogens is 3. The van der Waals surface area contributed by atoms with Crippen molar-refractivity contribution >= 4 is 6.47 Å². The first-order valence-electron chi connectivity index (χ1n) is 6.67. The lowest BCUT2D eigenvalue weighted by atomic mass is 10.1. The molecule has 0 saturated carbocycles. The van der Waals surface area contributed by atoms with Crippen LogP contribution in [-0.2, 0) is 15.7 Å². The molecule has 0 saturated heterocycles. The van der Waals surface area contributed by atoms with E-state index in [-0.39, 0.29) is 11.8 Å². The van der Waals surface area contributed by atoms with Gasteiger partial charge in [-0.25, -0.2) is 0 Å². The summed E-state index contributed by atoms with van der Waals surface area (Å²) in [6.07, 6.45) is -3.62. The number of hydrogen-bond acceptors (Lipinski definition) is 6. The van der Waals surface area contributed by atoms with Crippen LogP contribution in [-0.4, -0.2) is 33.2 Å². The molecule has 9 heteroatoms. The van der Waals surface area contributed by atoms with E-state index in [1.165, 1.54) is 12.1 Å². The van der Waals surface area contributed by atoms with Crippen LogP contribution in [0.1, 0.15) is 26.0 Å². The van der Waals surface area contributed by atoms with Crippen LogP contribution < -0.4 is 0 Å². The van der Waals surface area contributed by atoms with E-state index in [0.29, 0.717) is 12.0 Å². The second-order valence-corrected chi connectivity index (χ2v) is 4.39. The summed E-state index contributed by atoms with van der Waals surface area (Å²) in [7, 11) is 0. The van der Waals surface area contributed by atoms with Crippen LogP contribution in [0.15, 0.2) is 30.3 Å². The SMILES string of the molecule is CCC(C)OC=O.FC(F)(F)c1nnnnc1-c1ccccc1. The molecule has 0 aliphatic carbocycles. The van der Waals surface area contributed by atoms with Crippen molar-refractivity contribution in [3.05, 3.63) is 36.0 Å². The first kappa shape index (κ1) is 18.5. The third-order valence-electron chi connectivity index (χ3n) is 2.73. The molecule has 0 bridgehead atoms. The lowest BCUT2D eigenvalue weighted by molar-refractivity contribution is -0.141. The first-order chi connectivity index (χ1) is 10.9. The molecule has 0 spiro atoms. The number of carbonyl (C=O) groups is 1. The van der Waals surface area contributed by atoms with Gasteiger partial charge in [-0.2, -0.15) is 13.2 Å². The first-order valence-corrected chi connectivity index (χ1v) is 6.67. The zero-order chi connectivity index (χ0) is 17.3. The standard InChI is InChI=1S/C9H5F3N4.C5H10O2/c10-9(11,12)8-7(13-15-16-14-8)6-4-2-1-3-5-6;1-3-5(2)7-4-6/h1-5H;4-5H,3H2,1-2H3. The molecule has 1 heterocycles. The number of ether oxygens (including phenoxy) is 1. The summed E-state index contributed by atoms with van der Waals surface area (Å²) in [5, 5.41) is 12.4. The Kier molecular flexibility index (Phi) is 7.04. The Bertz CT molecular complexity index is 608. The highest BCUT2D eigenvalue weighted by Crippen LogP contribution is 2.33. The topological polar surface area (TPSA) is 77.9 Å². The van der Waals surface area contributed by atoms with Gasteiger partial charge in [0.25, 0.3) is 6.47 Å². The number of nitrogens with zero attached hydrogens (tertiary/aromatic N) is 4. The molecule has 0 fully saturated rings. The van der Waals surface area contributed by atoms with E-state index in [1.807, 2.05) is 13.8 Å². The third kappa shape index (κ3) is 5.97. The average Bonchev–Trinajstić information content (AvgIpc) is 2.55. The van der Waals surface area contributed by atoms with Crippen molar-refractivity contribution in [3.63, 3.8) is 0 Å². The van der Waals surface area contributed by atoms with Crippen molar-refractivity contribution in [2.45, 2.75) is 32.5 Å². The minimum atomic E-state index is -4.59. The predicted molar refractivity (Wildman–Crippen MR) is 75.0 cm³/mol. The smallest absolute Gasteiger partial charge is 0.437 e. The summed E-state index contributed by atoms with van der Waals surface area (Å²) in [6.45, 7) is 4.30. The fraction of sp³-hybridized carbons (Fsp3) is 0.357. The molecule has 2 aromatic rings. The maximum Gasteiger partial charge on any atom is 0.437 e. The molecule has 1 aromatic carbocycles. The molecule has 2 rings (SSSR count). The van der Waals surface area contributed by atoms with E-state index in [2.05, 4.69) is 25.4 Å². The van der Waals surface area contributed by atoms with Crippen LogP contribution in [0.4, 0.5) is 13.2 Å². The van der Waals surface area contributed by atoms with Crippen molar-refractivity contribution in [2.75, 3.05) is 0 Å². The summed E-state index contributed by atoms with van der Waals surface area (Å²) in [4.78, 5) is 9.55. The second kappa shape index (κ2) is 8.76. The quantitative estimate of drug-likeness (QED) is 0.803. The van der Waals surface area contributed by atoms with Gasteiger partial charge in [-0.3, -0.25) is 4.79 Å². The summed E-state index contributed by atoms with van der Waals surface area (Å²) >= 11 is 0. The Morgan fingerprint density at radius 2 is 1.78 bits per heavy atom. The Morgan fingerprint density at radius 3 is 2.26 bits per heavy atom. The Balaban J connectivity index is 0.000000322. The van der Waals surface area contributed by atoms with Gasteiger partial charge in [0.2, 0.25) is 0 Å². The number of rotatable bonds is 4. The molecule has 0 amide bonds. The van der Waals surface area contributed by atoms with Gasteiger partial charge in [0.05, 0.1) is 6.10 Å². The van der Waals surface area contributed by atoms with Crippen molar-refractivity contribution in [1.82, 2.24) is 20.6 Å². The van der Waals surface area contributed by atoms with E-state index in [0.717, 1.165) is 6.42 Å². The van der Waals surface area contributed by atoms with Gasteiger partial charge in [0, 0.05) is 5.56 Å². The van der Waals surface area contributed by atoms with Crippen molar-refractivity contribution in [1.29, 1.82) is 0 Å². The van der Waals surface area contributed by atoms with Gasteiger partial charge in [0.1, 0.15) is 5.69 Å². The highest BCUT2D eigenvalue weighted by atomic mass is 19.4. The zero-order valence-electron chi connectivity index (χ0n) is 12.5. The summed E-state index contributed by atoms with van der Waals surface area (Å²) in [5.74, 6) is 0. The Morgan fingerprint density at radius 1 is 1.17 bits per heavy atom. The molecule has 0 N–H and O–H groups in total. The maximum atomic E-state index is 12.6. The van der Waals surface area contributed by atoms with E-state index < -0.39 is 11.9 Å². The van der Waals surface area contributed by atoms with Gasteiger partial charge in [-0.15, -0.1) is 10.2 Å². The molecule has 124 valence electrons. The van der Waals surface area contributed by atoms with Crippen LogP contribution in [0.5, 0.6) is 0 Å². The van der Waals surface area contributed by atoms with Gasteiger partial charge in [-0.05, 0) is 23.8 Å². The Labute approximate surface area is 130 Å². The van der Waals surface area contributed by atoms with E-state index in [4.69, 9.17) is 0 Å². The largest absolute Gasteiger partial charge is 0.465 e. The molecular weight excluding hydrogens is 313 g/mol. The second-order valence-electron chi connectivity index (χ2n) is 4.39. The minimum Gasteiger partial charge on any atom is -0.465 e. The molecule has 0 radical (unpaired) electrons. The third-order valence-corrected chi connectivity index (χ3v) is 2.73. The molecule has 0 aliphatic rings. The van der Waals surface area contributed by atoms with Crippen molar-refractivity contribution in [2.24, 2.45) is 0 Å². The number of carbonyl (C=O) groups excluding carboxylic acids is 1. The van der Waals surface area contributed by atoms with Crippen LogP contribution >= 0.6 is 0 Å². The molecule has 1 atom stereocenters. The highest BCUT2D eigenvalue weighted by molar-refractivity contribution is 5.61. The monoisotopic (exact) mass is 328 g/mol. The molecule has 0 aliphatic heterocycles. The molecule has 23 heavy (non-hydrogen) atoms. The number of alkyl halides is 3. The van der Waals surface area contributed by atoms with Gasteiger partial charge in [-0.1, -0.05) is 37.3 Å². The number of aromatic nitrogens is 4. The summed E-state index contributed by atoms with van der Waals surface area (Å²) in [5.41, 5.74) is -1.14. The van der Waals surface area contributed by atoms with Crippen molar-refractivity contribution in [3.8, 4) is 11.3 Å². The summed E-state index contributed by atoms with van der Waals surface area (Å²) in [6, 6.07) is 7.91. The van der Waals surface area contributed by atoms with Crippen molar-refractivity contribution < 1.29 is 22.7 Å². The average molecular weight is 328 g/mol. The zero-order valence-corrected chi connectivity index (χ0v) is 12.5. The highest BCUT2D eigenvalue weighted by Gasteiger charge is 2.37. The van der Waals surface area contributed by atoms with Gasteiger partial charge >= 0.3 is 6.18 Å². The molecule has 6 nitrogen and oxygen atoms in total. The normalized spacial score (nSPS) is 11.9. The number of benzene rings is 1.